The maximum atomic E-state index is 12.4. The highest BCUT2D eigenvalue weighted by atomic mass is 35.5. The van der Waals surface area contributed by atoms with Gasteiger partial charge >= 0.3 is 5.97 Å². The summed E-state index contributed by atoms with van der Waals surface area (Å²) in [5.41, 5.74) is 0.388. The summed E-state index contributed by atoms with van der Waals surface area (Å²) in [5.74, 6) is -2.57. The fourth-order valence-corrected chi connectivity index (χ4v) is 2.98. The van der Waals surface area contributed by atoms with Crippen LogP contribution in [-0.4, -0.2) is 48.1 Å². The first-order valence-electron chi connectivity index (χ1n) is 7.08. The van der Waals surface area contributed by atoms with E-state index in [0.29, 0.717) is 10.7 Å². The van der Waals surface area contributed by atoms with Crippen LogP contribution in [-0.2, 0) is 19.1 Å². The normalized spacial score (nSPS) is 23.2. The lowest BCUT2D eigenvalue weighted by atomic mass is 9.98. The zero-order valence-corrected chi connectivity index (χ0v) is 13.3. The van der Waals surface area contributed by atoms with Crippen molar-refractivity contribution in [1.82, 2.24) is 4.90 Å². The van der Waals surface area contributed by atoms with Crippen LogP contribution < -0.4 is 5.01 Å². The van der Waals surface area contributed by atoms with Gasteiger partial charge in [-0.2, -0.15) is 5.10 Å². The van der Waals surface area contributed by atoms with E-state index in [1.54, 1.807) is 31.2 Å². The minimum absolute atomic E-state index is 0.0699. The molecule has 0 N–H and O–H groups in total. The summed E-state index contributed by atoms with van der Waals surface area (Å²) in [4.78, 5) is 37.9. The lowest BCUT2D eigenvalue weighted by molar-refractivity contribution is -0.139. The summed E-state index contributed by atoms with van der Waals surface area (Å²) in [7, 11) is 1.39. The molecule has 0 saturated carbocycles. The van der Waals surface area contributed by atoms with Crippen molar-refractivity contribution < 1.29 is 19.1 Å². The van der Waals surface area contributed by atoms with E-state index >= 15 is 0 Å². The van der Waals surface area contributed by atoms with Crippen molar-refractivity contribution in [3.63, 3.8) is 0 Å². The van der Waals surface area contributed by atoms with Gasteiger partial charge in [-0.15, -0.1) is 0 Å². The number of carbonyl (C=O) groups is 3. The van der Waals surface area contributed by atoms with Gasteiger partial charge in [-0.05, 0) is 19.1 Å². The van der Waals surface area contributed by atoms with Crippen LogP contribution in [0.1, 0.15) is 6.92 Å². The molecule has 0 bridgehead atoms. The van der Waals surface area contributed by atoms with E-state index in [4.69, 9.17) is 16.3 Å². The molecule has 7 nitrogen and oxygen atoms in total. The number of amides is 2. The number of anilines is 1. The lowest BCUT2D eigenvalue weighted by Gasteiger charge is -2.21. The monoisotopic (exact) mass is 335 g/mol. The van der Waals surface area contributed by atoms with Crippen molar-refractivity contribution in [2.75, 3.05) is 18.7 Å². The zero-order chi connectivity index (χ0) is 16.7. The standard InChI is InChI=1S/C15H14ClN3O4/c1-3-23-15(22)11-10-12(14(21)18(2)13(10)20)19(17-11)9-7-5-4-6-8(9)16/h4-7,10,12H,3H2,1-2H3/t10-,12+/m0/s1. The predicted octanol–water partition coefficient (Wildman–Crippen LogP) is 1.06. The second kappa shape index (κ2) is 5.66. The number of nitrogens with zero attached hydrogens (tertiary/aromatic N) is 3. The van der Waals surface area contributed by atoms with Crippen molar-refractivity contribution in [2.45, 2.75) is 13.0 Å². The largest absolute Gasteiger partial charge is 0.461 e. The second-order valence-corrected chi connectivity index (χ2v) is 5.57. The van der Waals surface area contributed by atoms with Crippen molar-refractivity contribution in [2.24, 2.45) is 11.0 Å². The van der Waals surface area contributed by atoms with Crippen LogP contribution in [0.4, 0.5) is 5.69 Å². The fourth-order valence-electron chi connectivity index (χ4n) is 2.76. The number of likely N-dealkylation sites (tertiary alicyclic amines) is 1. The smallest absolute Gasteiger partial charge is 0.355 e. The van der Waals surface area contributed by atoms with E-state index in [1.807, 2.05) is 0 Å². The molecular formula is C15H14ClN3O4. The first kappa shape index (κ1) is 15.5. The Bertz CT molecular complexity index is 733. The summed E-state index contributed by atoms with van der Waals surface area (Å²) in [6.45, 7) is 1.81. The highest BCUT2D eigenvalue weighted by Gasteiger charge is 2.57. The molecular weight excluding hydrogens is 322 g/mol. The van der Waals surface area contributed by atoms with Gasteiger partial charge in [0.05, 0.1) is 17.3 Å². The third kappa shape index (κ3) is 2.28. The SMILES string of the molecule is CCOC(=O)C1=NN(c2ccccc2Cl)[C@H]2C(=O)N(C)C(=O)[C@@H]12. The quantitative estimate of drug-likeness (QED) is 0.609. The molecule has 0 unspecified atom stereocenters. The van der Waals surface area contributed by atoms with Crippen LogP contribution in [0.2, 0.25) is 5.02 Å². The number of esters is 1. The van der Waals surface area contributed by atoms with Gasteiger partial charge in [-0.3, -0.25) is 14.5 Å². The van der Waals surface area contributed by atoms with E-state index in [9.17, 15) is 14.4 Å². The van der Waals surface area contributed by atoms with Crippen molar-refractivity contribution in [3.05, 3.63) is 29.3 Å². The van der Waals surface area contributed by atoms with E-state index in [2.05, 4.69) is 5.10 Å². The zero-order valence-electron chi connectivity index (χ0n) is 12.5. The van der Waals surface area contributed by atoms with Gasteiger partial charge in [0.2, 0.25) is 5.91 Å². The number of para-hydroxylation sites is 1. The lowest BCUT2D eigenvalue weighted by Crippen LogP contribution is -2.38. The van der Waals surface area contributed by atoms with E-state index in [0.717, 1.165) is 4.90 Å². The Morgan fingerprint density at radius 2 is 2.00 bits per heavy atom. The number of halogens is 1. The molecule has 2 aliphatic rings. The van der Waals surface area contributed by atoms with Crippen LogP contribution in [0.5, 0.6) is 0 Å². The van der Waals surface area contributed by atoms with Gasteiger partial charge < -0.3 is 4.74 Å². The molecule has 0 radical (unpaired) electrons. The Kier molecular flexibility index (Phi) is 3.81. The molecule has 8 heteroatoms. The number of fused-ring (bicyclic) bond motifs is 1. The second-order valence-electron chi connectivity index (χ2n) is 5.16. The summed E-state index contributed by atoms with van der Waals surface area (Å²) in [5, 5.41) is 5.89. The minimum atomic E-state index is -0.970. The number of hydrogen-bond donors (Lipinski definition) is 0. The molecule has 0 aromatic heterocycles. The van der Waals surface area contributed by atoms with Gasteiger partial charge in [0.15, 0.2) is 5.71 Å². The molecule has 120 valence electrons. The Morgan fingerprint density at radius 3 is 2.65 bits per heavy atom. The summed E-state index contributed by atoms with van der Waals surface area (Å²) < 4.78 is 4.96. The number of hydrogen-bond acceptors (Lipinski definition) is 6. The van der Waals surface area contributed by atoms with Crippen LogP contribution in [0.3, 0.4) is 0 Å². The van der Waals surface area contributed by atoms with Crippen LogP contribution in [0, 0.1) is 5.92 Å². The van der Waals surface area contributed by atoms with Crippen molar-refractivity contribution in [3.8, 4) is 0 Å². The third-order valence-corrected chi connectivity index (χ3v) is 4.17. The number of rotatable bonds is 3. The molecule has 1 saturated heterocycles. The molecule has 3 rings (SSSR count). The van der Waals surface area contributed by atoms with Gasteiger partial charge in [0, 0.05) is 7.05 Å². The third-order valence-electron chi connectivity index (χ3n) is 3.85. The Labute approximate surface area is 137 Å². The Morgan fingerprint density at radius 1 is 1.30 bits per heavy atom. The van der Waals surface area contributed by atoms with Gasteiger partial charge in [-0.25, -0.2) is 9.80 Å². The summed E-state index contributed by atoms with van der Waals surface area (Å²) in [6, 6.07) is 5.89. The highest BCUT2D eigenvalue weighted by Crippen LogP contribution is 2.38. The van der Waals surface area contributed by atoms with Crippen molar-refractivity contribution >= 4 is 40.8 Å². The molecule has 1 aromatic carbocycles. The first-order valence-corrected chi connectivity index (χ1v) is 7.46. The maximum Gasteiger partial charge on any atom is 0.355 e. The highest BCUT2D eigenvalue weighted by molar-refractivity contribution is 6.45. The van der Waals surface area contributed by atoms with Crippen LogP contribution in [0.15, 0.2) is 29.4 Å². The van der Waals surface area contributed by atoms with Crippen molar-refractivity contribution in [1.29, 1.82) is 0 Å². The fraction of sp³-hybridized carbons (Fsp3) is 0.333. The van der Waals surface area contributed by atoms with E-state index < -0.39 is 29.7 Å². The first-order chi connectivity index (χ1) is 11.0. The molecule has 23 heavy (non-hydrogen) atoms. The number of hydrazone groups is 1. The number of benzene rings is 1. The maximum absolute atomic E-state index is 12.4. The predicted molar refractivity (Wildman–Crippen MR) is 83.1 cm³/mol. The molecule has 0 aliphatic carbocycles. The number of imide groups is 1. The summed E-state index contributed by atoms with van der Waals surface area (Å²) in [6.07, 6.45) is 0. The topological polar surface area (TPSA) is 79.3 Å². The molecule has 2 aliphatic heterocycles. The Hall–Kier alpha value is -2.41. The number of likely N-dealkylation sites (N-methyl/N-ethyl adjacent to an activating group) is 1. The number of carbonyl (C=O) groups excluding carboxylic acids is 3. The van der Waals surface area contributed by atoms with Gasteiger partial charge in [0.25, 0.3) is 5.91 Å². The average molecular weight is 336 g/mol. The molecule has 2 amide bonds. The molecule has 2 heterocycles. The molecule has 0 spiro atoms. The van der Waals surface area contributed by atoms with E-state index in [-0.39, 0.29) is 12.3 Å². The summed E-state index contributed by atoms with van der Waals surface area (Å²) >= 11 is 6.17. The Balaban J connectivity index is 2.09. The molecule has 1 aromatic rings. The van der Waals surface area contributed by atoms with Gasteiger partial charge in [-0.1, -0.05) is 23.7 Å². The van der Waals surface area contributed by atoms with Crippen LogP contribution in [0.25, 0.3) is 0 Å². The average Bonchev–Trinajstić information content (AvgIpc) is 3.02. The van der Waals surface area contributed by atoms with Gasteiger partial charge in [0.1, 0.15) is 12.0 Å². The number of ether oxygens (including phenoxy) is 1. The molecule has 1 fully saturated rings. The van der Waals surface area contributed by atoms with Crippen LogP contribution >= 0.6 is 11.6 Å². The molecule has 2 atom stereocenters. The van der Waals surface area contributed by atoms with E-state index in [1.165, 1.54) is 12.1 Å². The minimum Gasteiger partial charge on any atom is -0.461 e.